The van der Waals surface area contributed by atoms with E-state index in [9.17, 15) is 0 Å². The van der Waals surface area contributed by atoms with Crippen LogP contribution in [0.15, 0.2) is 42.9 Å². The predicted molar refractivity (Wildman–Crippen MR) is 88.5 cm³/mol. The molecule has 1 saturated carbocycles. The lowest BCUT2D eigenvalue weighted by Gasteiger charge is -2.22. The Balaban J connectivity index is 1.54. The maximum absolute atomic E-state index is 4.54. The Kier molecular flexibility index (Phi) is 3.47. The van der Waals surface area contributed by atoms with Crippen molar-refractivity contribution >= 4 is 10.9 Å². The molecule has 1 aliphatic carbocycles. The molecule has 4 rings (SSSR count). The minimum absolute atomic E-state index is 0.726. The summed E-state index contributed by atoms with van der Waals surface area (Å²) >= 11 is 0. The lowest BCUT2D eigenvalue weighted by Crippen LogP contribution is -2.26. The highest BCUT2D eigenvalue weighted by atomic mass is 15.2. The highest BCUT2D eigenvalue weighted by Gasteiger charge is 2.29. The molecule has 4 nitrogen and oxygen atoms in total. The van der Waals surface area contributed by atoms with Crippen LogP contribution in [0.4, 0.5) is 0 Å². The van der Waals surface area contributed by atoms with Crippen molar-refractivity contribution in [2.24, 2.45) is 0 Å². The van der Waals surface area contributed by atoms with Gasteiger partial charge in [-0.1, -0.05) is 6.07 Å². The van der Waals surface area contributed by atoms with E-state index < -0.39 is 0 Å². The van der Waals surface area contributed by atoms with Gasteiger partial charge in [-0.25, -0.2) is 4.98 Å². The van der Waals surface area contributed by atoms with Gasteiger partial charge >= 0.3 is 0 Å². The molecule has 0 saturated heterocycles. The van der Waals surface area contributed by atoms with E-state index >= 15 is 0 Å². The molecule has 0 amide bonds. The number of aromatic amines is 1. The Morgan fingerprint density at radius 3 is 3.00 bits per heavy atom. The number of rotatable bonds is 6. The molecule has 2 aromatic heterocycles. The van der Waals surface area contributed by atoms with Crippen LogP contribution < -0.4 is 0 Å². The van der Waals surface area contributed by atoms with Gasteiger partial charge in [-0.2, -0.15) is 0 Å². The Bertz CT molecular complexity index is 766. The minimum atomic E-state index is 0.726. The Labute approximate surface area is 130 Å². The van der Waals surface area contributed by atoms with E-state index in [1.807, 2.05) is 12.4 Å². The first-order chi connectivity index (χ1) is 10.8. The fourth-order valence-electron chi connectivity index (χ4n) is 3.15. The second kappa shape index (κ2) is 5.61. The Hall–Kier alpha value is -2.07. The second-order valence-corrected chi connectivity index (χ2v) is 6.16. The molecular weight excluding hydrogens is 272 g/mol. The van der Waals surface area contributed by atoms with Gasteiger partial charge in [-0.05, 0) is 48.9 Å². The van der Waals surface area contributed by atoms with Crippen LogP contribution in [0.3, 0.4) is 0 Å². The molecule has 22 heavy (non-hydrogen) atoms. The van der Waals surface area contributed by atoms with Crippen molar-refractivity contribution in [2.75, 3.05) is 0 Å². The van der Waals surface area contributed by atoms with Crippen LogP contribution >= 0.6 is 0 Å². The number of aryl methyl sites for hydroxylation is 1. The maximum Gasteiger partial charge on any atom is 0.122 e. The van der Waals surface area contributed by atoms with Crippen molar-refractivity contribution in [1.82, 2.24) is 19.4 Å². The molecule has 0 bridgehead atoms. The topological polar surface area (TPSA) is 36.9 Å². The van der Waals surface area contributed by atoms with Crippen LogP contribution in [0.1, 0.15) is 31.2 Å². The quantitative estimate of drug-likeness (QED) is 0.755. The molecule has 0 unspecified atom stereocenters. The summed E-state index contributed by atoms with van der Waals surface area (Å²) in [7, 11) is 0. The third kappa shape index (κ3) is 2.66. The normalized spacial score (nSPS) is 15.0. The molecule has 1 fully saturated rings. The van der Waals surface area contributed by atoms with Crippen LogP contribution in [-0.2, 0) is 19.6 Å². The number of nitrogens with one attached hydrogen (secondary N) is 1. The van der Waals surface area contributed by atoms with Crippen molar-refractivity contribution < 1.29 is 0 Å². The molecular formula is C18H22N4. The molecule has 2 heterocycles. The number of imidazole rings is 1. The molecule has 3 aromatic rings. The highest BCUT2D eigenvalue weighted by molar-refractivity contribution is 5.79. The number of aromatic nitrogens is 3. The van der Waals surface area contributed by atoms with Crippen LogP contribution in [-0.4, -0.2) is 25.5 Å². The van der Waals surface area contributed by atoms with E-state index in [4.69, 9.17) is 0 Å². The average molecular weight is 294 g/mol. The first-order valence-corrected chi connectivity index (χ1v) is 8.13. The molecule has 4 heteroatoms. The first-order valence-electron chi connectivity index (χ1n) is 8.13. The maximum atomic E-state index is 4.54. The summed E-state index contributed by atoms with van der Waals surface area (Å²) in [6, 6.07) is 9.59. The number of nitrogens with zero attached hydrogens (tertiary/aromatic N) is 3. The van der Waals surface area contributed by atoms with Crippen LogP contribution in [0.25, 0.3) is 10.9 Å². The van der Waals surface area contributed by atoms with E-state index in [-0.39, 0.29) is 0 Å². The zero-order valence-corrected chi connectivity index (χ0v) is 13.0. The van der Waals surface area contributed by atoms with Gasteiger partial charge in [0.15, 0.2) is 0 Å². The molecule has 0 radical (unpaired) electrons. The van der Waals surface area contributed by atoms with E-state index in [1.54, 1.807) is 0 Å². The van der Waals surface area contributed by atoms with Crippen molar-refractivity contribution in [3.8, 4) is 0 Å². The predicted octanol–water partition coefficient (Wildman–Crippen LogP) is 3.55. The summed E-state index contributed by atoms with van der Waals surface area (Å²) in [6.45, 7) is 5.11. The van der Waals surface area contributed by atoms with Crippen molar-refractivity contribution in [2.45, 2.75) is 45.4 Å². The van der Waals surface area contributed by atoms with Crippen molar-refractivity contribution in [3.05, 3.63) is 54.2 Å². The van der Waals surface area contributed by atoms with E-state index in [1.165, 1.54) is 35.1 Å². The first kappa shape index (κ1) is 13.6. The van der Waals surface area contributed by atoms with E-state index in [0.717, 1.165) is 25.7 Å². The SMILES string of the molecule is CCn1ccnc1CN(Cc1ccc2[nH]ccc2c1)C1CC1. The lowest BCUT2D eigenvalue weighted by atomic mass is 10.1. The summed E-state index contributed by atoms with van der Waals surface area (Å²) < 4.78 is 2.24. The van der Waals surface area contributed by atoms with E-state index in [0.29, 0.717) is 0 Å². The van der Waals surface area contributed by atoms with Gasteiger partial charge in [0.1, 0.15) is 5.82 Å². The van der Waals surface area contributed by atoms with Crippen molar-refractivity contribution in [1.29, 1.82) is 0 Å². The van der Waals surface area contributed by atoms with Gasteiger partial charge < -0.3 is 9.55 Å². The number of benzene rings is 1. The highest BCUT2D eigenvalue weighted by Crippen LogP contribution is 2.30. The molecule has 1 N–H and O–H groups in total. The third-order valence-electron chi connectivity index (χ3n) is 4.55. The number of hydrogen-bond acceptors (Lipinski definition) is 2. The number of H-pyrrole nitrogens is 1. The molecule has 1 aliphatic rings. The van der Waals surface area contributed by atoms with Gasteiger partial charge in [0, 0.05) is 43.2 Å². The largest absolute Gasteiger partial charge is 0.361 e. The van der Waals surface area contributed by atoms with E-state index in [2.05, 4.69) is 56.8 Å². The smallest absolute Gasteiger partial charge is 0.122 e. The Morgan fingerprint density at radius 1 is 1.27 bits per heavy atom. The average Bonchev–Trinajstić information content (AvgIpc) is 3.11. The fourth-order valence-corrected chi connectivity index (χ4v) is 3.15. The van der Waals surface area contributed by atoms with Crippen molar-refractivity contribution in [3.63, 3.8) is 0 Å². The summed E-state index contributed by atoms with van der Waals surface area (Å²) in [5.74, 6) is 1.18. The third-order valence-corrected chi connectivity index (χ3v) is 4.55. The van der Waals surface area contributed by atoms with Gasteiger partial charge in [-0.15, -0.1) is 0 Å². The summed E-state index contributed by atoms with van der Waals surface area (Å²) in [4.78, 5) is 10.4. The molecule has 1 aromatic carbocycles. The Morgan fingerprint density at radius 2 is 2.18 bits per heavy atom. The molecule has 0 atom stereocenters. The summed E-state index contributed by atoms with van der Waals surface area (Å²) in [5, 5.41) is 1.29. The molecule has 0 aliphatic heterocycles. The monoisotopic (exact) mass is 294 g/mol. The van der Waals surface area contributed by atoms with Gasteiger partial charge in [0.2, 0.25) is 0 Å². The van der Waals surface area contributed by atoms with Crippen LogP contribution in [0.2, 0.25) is 0 Å². The fraction of sp³-hybridized carbons (Fsp3) is 0.389. The van der Waals surface area contributed by atoms with Gasteiger partial charge in [-0.3, -0.25) is 4.90 Å². The summed E-state index contributed by atoms with van der Waals surface area (Å²) in [5.41, 5.74) is 2.59. The summed E-state index contributed by atoms with van der Waals surface area (Å²) in [6.07, 6.45) is 8.63. The standard InChI is InChI=1S/C18H22N4/c1-2-21-10-9-20-18(21)13-22(16-4-5-16)12-14-3-6-17-15(11-14)7-8-19-17/h3,6-11,16,19H,2,4-5,12-13H2,1H3. The molecule has 0 spiro atoms. The zero-order chi connectivity index (χ0) is 14.9. The second-order valence-electron chi connectivity index (χ2n) is 6.16. The minimum Gasteiger partial charge on any atom is -0.361 e. The lowest BCUT2D eigenvalue weighted by molar-refractivity contribution is 0.236. The van der Waals surface area contributed by atoms with Gasteiger partial charge in [0.05, 0.1) is 6.54 Å². The van der Waals surface area contributed by atoms with Crippen LogP contribution in [0.5, 0.6) is 0 Å². The molecule has 114 valence electrons. The van der Waals surface area contributed by atoms with Gasteiger partial charge in [0.25, 0.3) is 0 Å². The number of fused-ring (bicyclic) bond motifs is 1. The van der Waals surface area contributed by atoms with Crippen LogP contribution in [0, 0.1) is 0 Å². The zero-order valence-electron chi connectivity index (χ0n) is 13.0. The number of hydrogen-bond donors (Lipinski definition) is 1.